The maximum atomic E-state index is 11.4. The van der Waals surface area contributed by atoms with Crippen LogP contribution in [0, 0.1) is 0 Å². The van der Waals surface area contributed by atoms with Crippen molar-refractivity contribution in [2.24, 2.45) is 0 Å². The van der Waals surface area contributed by atoms with Crippen LogP contribution in [-0.2, 0) is 19.1 Å². The van der Waals surface area contributed by atoms with E-state index in [1.807, 2.05) is 0 Å². The van der Waals surface area contributed by atoms with Gasteiger partial charge >= 0.3 is 11.9 Å². The minimum atomic E-state index is -0.512. The molecule has 0 aromatic carbocycles. The van der Waals surface area contributed by atoms with E-state index in [4.69, 9.17) is 9.47 Å². The maximum absolute atomic E-state index is 11.4. The first-order chi connectivity index (χ1) is 13.7. The summed E-state index contributed by atoms with van der Waals surface area (Å²) in [6.07, 6.45) is 23.4. The van der Waals surface area contributed by atoms with Gasteiger partial charge in [-0.3, -0.25) is 0 Å². The molecule has 0 bridgehead atoms. The summed E-state index contributed by atoms with van der Waals surface area (Å²) < 4.78 is 9.75. The van der Waals surface area contributed by atoms with Crippen molar-refractivity contribution >= 4 is 11.9 Å². The molecule has 0 aromatic rings. The van der Waals surface area contributed by atoms with Gasteiger partial charge in [0.15, 0.2) is 0 Å². The smallest absolute Gasteiger partial charge is 0.331 e. The predicted molar refractivity (Wildman–Crippen MR) is 116 cm³/mol. The highest BCUT2D eigenvalue weighted by Gasteiger charge is 2.00. The highest BCUT2D eigenvalue weighted by molar-refractivity contribution is 5.91. The van der Waals surface area contributed by atoms with Gasteiger partial charge < -0.3 is 9.47 Å². The summed E-state index contributed by atoms with van der Waals surface area (Å²) in [4.78, 5) is 22.5. The van der Waals surface area contributed by atoms with Crippen LogP contribution in [0.1, 0.15) is 117 Å². The van der Waals surface area contributed by atoms with Crippen LogP contribution in [0.4, 0.5) is 0 Å². The summed E-state index contributed by atoms with van der Waals surface area (Å²) in [5.74, 6) is -0.990. The molecule has 0 radical (unpaired) electrons. The zero-order chi connectivity index (χ0) is 20.7. The lowest BCUT2D eigenvalue weighted by molar-refractivity contribution is -0.140. The molecule has 4 heteroatoms. The van der Waals surface area contributed by atoms with Gasteiger partial charge in [-0.05, 0) is 13.3 Å². The SMILES string of the molecule is CCCCCCCCCCCCCCCCCCOC(=O)C=CC(=O)OCC. The van der Waals surface area contributed by atoms with E-state index in [1.54, 1.807) is 6.92 Å². The van der Waals surface area contributed by atoms with Gasteiger partial charge in [0, 0.05) is 12.2 Å². The minimum absolute atomic E-state index is 0.303. The highest BCUT2D eigenvalue weighted by Crippen LogP contribution is 2.13. The molecule has 0 fully saturated rings. The zero-order valence-corrected chi connectivity index (χ0v) is 18.5. The lowest BCUT2D eigenvalue weighted by atomic mass is 10.0. The first kappa shape index (κ1) is 26.7. The molecule has 28 heavy (non-hydrogen) atoms. The second-order valence-electron chi connectivity index (χ2n) is 7.56. The Labute approximate surface area is 173 Å². The topological polar surface area (TPSA) is 52.6 Å². The van der Waals surface area contributed by atoms with E-state index in [9.17, 15) is 9.59 Å². The van der Waals surface area contributed by atoms with Crippen LogP contribution in [0.3, 0.4) is 0 Å². The van der Waals surface area contributed by atoms with Gasteiger partial charge in [0.25, 0.3) is 0 Å². The summed E-state index contributed by atoms with van der Waals surface area (Å²) >= 11 is 0. The highest BCUT2D eigenvalue weighted by atomic mass is 16.5. The minimum Gasteiger partial charge on any atom is -0.463 e. The number of hydrogen-bond donors (Lipinski definition) is 0. The van der Waals surface area contributed by atoms with E-state index in [-0.39, 0.29) is 0 Å². The van der Waals surface area contributed by atoms with E-state index in [0.717, 1.165) is 25.0 Å². The molecule has 0 saturated carbocycles. The molecule has 0 spiro atoms. The molecular weight excluding hydrogens is 352 g/mol. The van der Waals surface area contributed by atoms with Gasteiger partial charge in [-0.1, -0.05) is 103 Å². The van der Waals surface area contributed by atoms with Crippen LogP contribution in [0.2, 0.25) is 0 Å². The number of carbonyl (C=O) groups is 2. The monoisotopic (exact) mass is 396 g/mol. The van der Waals surface area contributed by atoms with Gasteiger partial charge in [0.05, 0.1) is 13.2 Å². The third-order valence-corrected chi connectivity index (χ3v) is 4.88. The molecule has 0 rings (SSSR count). The Bertz CT molecular complexity index is 390. The van der Waals surface area contributed by atoms with E-state index < -0.39 is 11.9 Å². The van der Waals surface area contributed by atoms with Gasteiger partial charge in [-0.2, -0.15) is 0 Å². The summed E-state index contributed by atoms with van der Waals surface area (Å²) in [5, 5.41) is 0. The summed E-state index contributed by atoms with van der Waals surface area (Å²) in [6, 6.07) is 0. The van der Waals surface area contributed by atoms with Crippen molar-refractivity contribution in [2.45, 2.75) is 117 Å². The van der Waals surface area contributed by atoms with E-state index in [0.29, 0.717) is 13.2 Å². The van der Waals surface area contributed by atoms with Crippen LogP contribution >= 0.6 is 0 Å². The number of hydrogen-bond acceptors (Lipinski definition) is 4. The normalized spacial score (nSPS) is 11.1. The summed E-state index contributed by atoms with van der Waals surface area (Å²) in [5.41, 5.74) is 0. The van der Waals surface area contributed by atoms with Gasteiger partial charge in [-0.15, -0.1) is 0 Å². The molecular formula is C24H44O4. The Balaban J connectivity index is 3.21. The molecule has 164 valence electrons. The second-order valence-corrected chi connectivity index (χ2v) is 7.56. The Morgan fingerprint density at radius 2 is 0.893 bits per heavy atom. The second kappa shape index (κ2) is 22.0. The number of unbranched alkanes of at least 4 members (excludes halogenated alkanes) is 15. The van der Waals surface area contributed by atoms with Crippen LogP contribution in [0.25, 0.3) is 0 Å². The van der Waals surface area contributed by atoms with Crippen LogP contribution in [-0.4, -0.2) is 25.2 Å². The average Bonchev–Trinajstić information content (AvgIpc) is 2.69. The quantitative estimate of drug-likeness (QED) is 0.127. The standard InChI is InChI=1S/C24H44O4/c1-3-5-6-7-8-9-10-11-12-13-14-15-16-17-18-19-22-28-24(26)21-20-23(25)27-4-2/h20-21H,3-19,22H2,1-2H3. The van der Waals surface area contributed by atoms with E-state index >= 15 is 0 Å². The first-order valence-electron chi connectivity index (χ1n) is 11.7. The number of rotatable bonds is 20. The molecule has 0 aromatic heterocycles. The summed E-state index contributed by atoms with van der Waals surface area (Å²) in [6.45, 7) is 4.72. The fourth-order valence-electron chi connectivity index (χ4n) is 3.20. The number of esters is 2. The first-order valence-corrected chi connectivity index (χ1v) is 11.7. The van der Waals surface area contributed by atoms with Crippen molar-refractivity contribution in [1.82, 2.24) is 0 Å². The average molecular weight is 397 g/mol. The van der Waals surface area contributed by atoms with E-state index in [2.05, 4.69) is 6.92 Å². The Hall–Kier alpha value is -1.32. The van der Waals surface area contributed by atoms with Crippen molar-refractivity contribution in [2.75, 3.05) is 13.2 Å². The van der Waals surface area contributed by atoms with Crippen LogP contribution in [0.15, 0.2) is 12.2 Å². The third-order valence-electron chi connectivity index (χ3n) is 4.88. The molecule has 0 aliphatic heterocycles. The molecule has 0 amide bonds. The van der Waals surface area contributed by atoms with Gasteiger partial charge in [0.1, 0.15) is 0 Å². The Morgan fingerprint density at radius 3 is 1.29 bits per heavy atom. The fourth-order valence-corrected chi connectivity index (χ4v) is 3.20. The zero-order valence-electron chi connectivity index (χ0n) is 18.5. The Morgan fingerprint density at radius 1 is 0.536 bits per heavy atom. The number of carbonyl (C=O) groups excluding carboxylic acids is 2. The number of ether oxygens (including phenoxy) is 2. The van der Waals surface area contributed by atoms with E-state index in [1.165, 1.54) is 89.9 Å². The molecule has 0 saturated heterocycles. The molecule has 0 unspecified atom stereocenters. The molecule has 0 aliphatic carbocycles. The third kappa shape index (κ3) is 21.0. The van der Waals surface area contributed by atoms with Gasteiger partial charge in [-0.25, -0.2) is 9.59 Å². The van der Waals surface area contributed by atoms with Crippen molar-refractivity contribution in [3.8, 4) is 0 Å². The van der Waals surface area contributed by atoms with Crippen molar-refractivity contribution in [3.05, 3.63) is 12.2 Å². The molecule has 0 atom stereocenters. The van der Waals surface area contributed by atoms with Crippen molar-refractivity contribution in [3.63, 3.8) is 0 Å². The summed E-state index contributed by atoms with van der Waals surface area (Å²) in [7, 11) is 0. The van der Waals surface area contributed by atoms with Crippen molar-refractivity contribution < 1.29 is 19.1 Å². The molecule has 4 nitrogen and oxygen atoms in total. The van der Waals surface area contributed by atoms with Crippen LogP contribution in [0.5, 0.6) is 0 Å². The van der Waals surface area contributed by atoms with Crippen molar-refractivity contribution in [1.29, 1.82) is 0 Å². The lowest BCUT2D eigenvalue weighted by Crippen LogP contribution is -2.05. The molecule has 0 aliphatic rings. The maximum Gasteiger partial charge on any atom is 0.331 e. The molecule has 0 N–H and O–H groups in total. The largest absolute Gasteiger partial charge is 0.463 e. The van der Waals surface area contributed by atoms with Gasteiger partial charge in [0.2, 0.25) is 0 Å². The Kier molecular flexibility index (Phi) is 20.9. The lowest BCUT2D eigenvalue weighted by Gasteiger charge is -2.04. The fraction of sp³-hybridized carbons (Fsp3) is 0.833. The predicted octanol–water partition coefficient (Wildman–Crippen LogP) is 6.91. The van der Waals surface area contributed by atoms with Crippen LogP contribution < -0.4 is 0 Å². The molecule has 0 heterocycles.